The number of rotatable bonds is 3. The minimum Gasteiger partial charge on any atom is -0.292 e. The van der Waals surface area contributed by atoms with E-state index < -0.39 is 0 Å². The summed E-state index contributed by atoms with van der Waals surface area (Å²) in [6.45, 7) is 0. The van der Waals surface area contributed by atoms with Gasteiger partial charge in [0.15, 0.2) is 0 Å². The molecule has 0 bridgehead atoms. The van der Waals surface area contributed by atoms with E-state index in [9.17, 15) is 5.26 Å². The van der Waals surface area contributed by atoms with Gasteiger partial charge in [0.2, 0.25) is 0 Å². The number of nitrogens with zero attached hydrogens (tertiary/aromatic N) is 2. The van der Waals surface area contributed by atoms with Crippen molar-refractivity contribution in [3.05, 3.63) is 83.9 Å². The van der Waals surface area contributed by atoms with Crippen LogP contribution < -0.4 is 0 Å². The predicted molar refractivity (Wildman–Crippen MR) is 166 cm³/mol. The van der Waals surface area contributed by atoms with Gasteiger partial charge in [-0.1, -0.05) is 73.9 Å². The fraction of sp³-hybridized carbons (Fsp3) is 0.486. The Hall–Kier alpha value is -2.54. The smallest absolute Gasteiger partial charge is 0.0992 e. The van der Waals surface area contributed by atoms with Crippen LogP contribution in [0, 0.1) is 23.2 Å². The van der Waals surface area contributed by atoms with Gasteiger partial charge in [-0.3, -0.25) is 4.90 Å². The molecule has 5 fully saturated rings. The highest BCUT2D eigenvalue weighted by molar-refractivity contribution is 8.00. The van der Waals surface area contributed by atoms with E-state index in [4.69, 9.17) is 0 Å². The van der Waals surface area contributed by atoms with E-state index in [1.165, 1.54) is 75.3 Å². The molecule has 3 aliphatic carbocycles. The summed E-state index contributed by atoms with van der Waals surface area (Å²) in [5.41, 5.74) is 6.90. The SMILES string of the molecule is N#Cc1cc(-c2ccccc2)cc(-c2cccc(C3CCC4C(C3)SC3CCCC5C6CCCCC6N4C35)c2)c1. The molecule has 2 saturated heterocycles. The molecular formula is C37H40N2S. The highest BCUT2D eigenvalue weighted by Gasteiger charge is 2.59. The quantitative estimate of drug-likeness (QED) is 0.329. The number of hydrogen-bond acceptors (Lipinski definition) is 3. The Labute approximate surface area is 244 Å². The van der Waals surface area contributed by atoms with Crippen molar-refractivity contribution >= 4 is 11.8 Å². The summed E-state index contributed by atoms with van der Waals surface area (Å²) in [4.78, 5) is 3.17. The van der Waals surface area contributed by atoms with Crippen molar-refractivity contribution < 1.29 is 0 Å². The van der Waals surface area contributed by atoms with Crippen LogP contribution in [0.2, 0.25) is 0 Å². The van der Waals surface area contributed by atoms with Crippen LogP contribution >= 0.6 is 11.8 Å². The van der Waals surface area contributed by atoms with Crippen LogP contribution in [0.1, 0.15) is 81.3 Å². The van der Waals surface area contributed by atoms with Crippen molar-refractivity contribution in [2.75, 3.05) is 0 Å². The fourth-order valence-electron chi connectivity index (χ4n) is 9.65. The van der Waals surface area contributed by atoms with Gasteiger partial charge in [-0.05, 0) is 109 Å². The van der Waals surface area contributed by atoms with Crippen molar-refractivity contribution in [2.45, 2.75) is 98.8 Å². The number of hydrogen-bond donors (Lipinski definition) is 0. The van der Waals surface area contributed by atoms with E-state index in [-0.39, 0.29) is 0 Å². The highest BCUT2D eigenvalue weighted by atomic mass is 32.2. The molecule has 3 aromatic carbocycles. The molecule has 0 aromatic heterocycles. The van der Waals surface area contributed by atoms with Gasteiger partial charge in [0, 0.05) is 28.6 Å². The Balaban J connectivity index is 1.07. The molecule has 40 heavy (non-hydrogen) atoms. The maximum absolute atomic E-state index is 9.79. The van der Waals surface area contributed by atoms with E-state index in [0.29, 0.717) is 5.92 Å². The van der Waals surface area contributed by atoms with E-state index in [1.807, 2.05) is 12.1 Å². The molecule has 2 heterocycles. The van der Waals surface area contributed by atoms with Crippen LogP contribution in [-0.4, -0.2) is 33.5 Å². The molecule has 0 amide bonds. The third-order valence-electron chi connectivity index (χ3n) is 11.3. The Morgan fingerprint density at radius 3 is 2.33 bits per heavy atom. The van der Waals surface area contributed by atoms with Crippen LogP contribution in [0.25, 0.3) is 22.3 Å². The van der Waals surface area contributed by atoms with E-state index in [0.717, 1.165) is 62.7 Å². The van der Waals surface area contributed by atoms with Gasteiger partial charge >= 0.3 is 0 Å². The predicted octanol–water partition coefficient (Wildman–Crippen LogP) is 9.06. The zero-order valence-electron chi connectivity index (χ0n) is 23.4. The minimum absolute atomic E-state index is 0.641. The van der Waals surface area contributed by atoms with Crippen molar-refractivity contribution in [2.24, 2.45) is 11.8 Å². The molecule has 0 N–H and O–H groups in total. The molecular weight excluding hydrogens is 504 g/mol. The summed E-state index contributed by atoms with van der Waals surface area (Å²) < 4.78 is 0. The Kier molecular flexibility index (Phi) is 6.54. The first-order valence-electron chi connectivity index (χ1n) is 15.9. The zero-order valence-corrected chi connectivity index (χ0v) is 24.2. The number of benzene rings is 3. The van der Waals surface area contributed by atoms with Crippen LogP contribution in [0.15, 0.2) is 72.8 Å². The average Bonchev–Trinajstić information content (AvgIpc) is 3.37. The zero-order chi connectivity index (χ0) is 26.6. The third-order valence-corrected chi connectivity index (χ3v) is 13.0. The van der Waals surface area contributed by atoms with Crippen molar-refractivity contribution in [1.29, 1.82) is 5.26 Å². The van der Waals surface area contributed by atoms with Crippen LogP contribution in [0.4, 0.5) is 0 Å². The van der Waals surface area contributed by atoms with Crippen LogP contribution in [0.3, 0.4) is 0 Å². The maximum Gasteiger partial charge on any atom is 0.0992 e. The normalized spacial score (nSPS) is 34.8. The molecule has 5 aliphatic rings. The molecule has 204 valence electrons. The van der Waals surface area contributed by atoms with Crippen LogP contribution in [0.5, 0.6) is 0 Å². The molecule has 8 rings (SSSR count). The first-order chi connectivity index (χ1) is 19.8. The monoisotopic (exact) mass is 544 g/mol. The number of fused-ring (bicyclic) bond motifs is 5. The highest BCUT2D eigenvalue weighted by Crippen LogP contribution is 2.58. The third kappa shape index (κ3) is 4.26. The van der Waals surface area contributed by atoms with Crippen molar-refractivity contribution in [3.63, 3.8) is 0 Å². The summed E-state index contributed by atoms with van der Waals surface area (Å²) in [6.07, 6.45) is 14.3. The second-order valence-corrected chi connectivity index (χ2v) is 14.7. The molecule has 3 heteroatoms. The second kappa shape index (κ2) is 10.4. The molecule has 8 atom stereocenters. The number of nitriles is 1. The molecule has 0 spiro atoms. The van der Waals surface area contributed by atoms with Gasteiger partial charge < -0.3 is 0 Å². The maximum atomic E-state index is 9.79. The van der Waals surface area contributed by atoms with Gasteiger partial charge in [0.05, 0.1) is 11.6 Å². The Morgan fingerprint density at radius 1 is 0.650 bits per heavy atom. The fourth-order valence-corrected chi connectivity index (χ4v) is 11.7. The van der Waals surface area contributed by atoms with E-state index >= 15 is 0 Å². The molecule has 3 aromatic rings. The lowest BCUT2D eigenvalue weighted by molar-refractivity contribution is 0.0591. The van der Waals surface area contributed by atoms with E-state index in [1.54, 1.807) is 0 Å². The summed E-state index contributed by atoms with van der Waals surface area (Å²) in [5.74, 6) is 2.64. The summed E-state index contributed by atoms with van der Waals surface area (Å²) in [6, 6.07) is 31.1. The average molecular weight is 545 g/mol. The van der Waals surface area contributed by atoms with Gasteiger partial charge in [-0.15, -0.1) is 0 Å². The first-order valence-corrected chi connectivity index (χ1v) is 16.8. The van der Waals surface area contributed by atoms with Crippen LogP contribution in [-0.2, 0) is 0 Å². The summed E-state index contributed by atoms with van der Waals surface area (Å²) in [7, 11) is 0. The Morgan fingerprint density at radius 2 is 1.45 bits per heavy atom. The number of thioether (sulfide) groups is 1. The molecule has 2 aliphatic heterocycles. The summed E-state index contributed by atoms with van der Waals surface area (Å²) >= 11 is 2.42. The Bertz CT molecular complexity index is 1430. The lowest BCUT2D eigenvalue weighted by atomic mass is 9.73. The first kappa shape index (κ1) is 25.2. The van der Waals surface area contributed by atoms with Gasteiger partial charge in [0.1, 0.15) is 0 Å². The standard InChI is InChI=1S/C37H40N2S/c38-23-24-18-29(25-8-2-1-3-9-25)21-30(19-24)27-11-6-10-26(20-27)28-16-17-34-36(22-28)40-35-15-7-13-32-31-12-4-5-14-33(31)39(34)37(32)35/h1-3,6,8-11,18-21,28,31-37H,4-5,7,12-17,22H2. The molecule has 8 unspecified atom stereocenters. The molecule has 3 saturated carbocycles. The van der Waals surface area contributed by atoms with Crippen molar-refractivity contribution in [3.8, 4) is 28.3 Å². The van der Waals surface area contributed by atoms with E-state index in [2.05, 4.69) is 83.4 Å². The van der Waals surface area contributed by atoms with Gasteiger partial charge in [-0.25, -0.2) is 0 Å². The van der Waals surface area contributed by atoms with Gasteiger partial charge in [0.25, 0.3) is 0 Å². The van der Waals surface area contributed by atoms with Crippen molar-refractivity contribution in [1.82, 2.24) is 4.90 Å². The lowest BCUT2D eigenvalue weighted by Gasteiger charge is -2.54. The van der Waals surface area contributed by atoms with Gasteiger partial charge in [-0.2, -0.15) is 17.0 Å². The lowest BCUT2D eigenvalue weighted by Crippen LogP contribution is -2.60. The molecule has 2 nitrogen and oxygen atoms in total. The summed E-state index contributed by atoms with van der Waals surface area (Å²) in [5, 5.41) is 11.5. The minimum atomic E-state index is 0.641. The largest absolute Gasteiger partial charge is 0.292 e. The topological polar surface area (TPSA) is 27.0 Å². The second-order valence-electron chi connectivity index (χ2n) is 13.2. The molecule has 0 radical (unpaired) electrons.